The van der Waals surface area contributed by atoms with Gasteiger partial charge in [-0.2, -0.15) is 0 Å². The van der Waals surface area contributed by atoms with Crippen molar-refractivity contribution in [2.45, 2.75) is 44.4 Å². The first-order valence-corrected chi connectivity index (χ1v) is 12.3. The molecule has 3 aromatic carbocycles. The monoisotopic (exact) mass is 448 g/mol. The van der Waals surface area contributed by atoms with Gasteiger partial charge in [-0.05, 0) is 53.3 Å². The number of amides is 1. The first-order chi connectivity index (χ1) is 15.2. The Hall–Kier alpha value is -3.12. The number of anilines is 2. The predicted molar refractivity (Wildman–Crippen MR) is 130 cm³/mol. The fraction of sp³-hybridized carbons (Fsp3) is 0.269. The van der Waals surface area contributed by atoms with Crippen LogP contribution in [-0.2, 0) is 14.8 Å². The van der Waals surface area contributed by atoms with E-state index in [0.717, 1.165) is 11.1 Å². The average molecular weight is 449 g/mol. The van der Waals surface area contributed by atoms with Gasteiger partial charge < -0.3 is 5.32 Å². The summed E-state index contributed by atoms with van der Waals surface area (Å²) < 4.78 is 28.1. The molecule has 0 atom stereocenters. The van der Waals surface area contributed by atoms with Crippen LogP contribution in [0.5, 0.6) is 0 Å². The summed E-state index contributed by atoms with van der Waals surface area (Å²) >= 11 is 0. The zero-order valence-corrected chi connectivity index (χ0v) is 19.6. The summed E-state index contributed by atoms with van der Waals surface area (Å²) in [5.41, 5.74) is 4.96. The van der Waals surface area contributed by atoms with Gasteiger partial charge in [0.1, 0.15) is 6.54 Å². The molecular formula is C26H28N2O3S. The zero-order valence-electron chi connectivity index (χ0n) is 18.8. The average Bonchev–Trinajstić information content (AvgIpc) is 2.76. The molecule has 4 rings (SSSR count). The molecule has 0 bridgehead atoms. The van der Waals surface area contributed by atoms with Gasteiger partial charge in [-0.1, -0.05) is 64.1 Å². The zero-order chi connectivity index (χ0) is 23.0. The van der Waals surface area contributed by atoms with Gasteiger partial charge >= 0.3 is 0 Å². The van der Waals surface area contributed by atoms with E-state index in [4.69, 9.17) is 0 Å². The molecule has 0 spiro atoms. The van der Waals surface area contributed by atoms with Crippen molar-refractivity contribution in [3.8, 4) is 11.1 Å². The van der Waals surface area contributed by atoms with Crippen molar-refractivity contribution in [1.82, 2.24) is 0 Å². The topological polar surface area (TPSA) is 66.5 Å². The van der Waals surface area contributed by atoms with Gasteiger partial charge in [0.25, 0.3) is 10.0 Å². The van der Waals surface area contributed by atoms with Crippen LogP contribution >= 0.6 is 0 Å². The molecule has 5 nitrogen and oxygen atoms in total. The molecule has 3 aromatic rings. The third kappa shape index (κ3) is 4.02. The number of hydrogen-bond acceptors (Lipinski definition) is 3. The maximum Gasteiger partial charge on any atom is 0.265 e. The van der Waals surface area contributed by atoms with E-state index in [1.807, 2.05) is 54.6 Å². The van der Waals surface area contributed by atoms with Crippen LogP contribution < -0.4 is 9.62 Å². The number of carbonyl (C=O) groups excluding carboxylic acids is 1. The first kappa shape index (κ1) is 22.1. The number of rotatable bonds is 5. The smallest absolute Gasteiger partial charge is 0.265 e. The number of nitrogens with zero attached hydrogens (tertiary/aromatic N) is 1. The maximum absolute atomic E-state index is 13.4. The van der Waals surface area contributed by atoms with Crippen LogP contribution in [0, 0.1) is 0 Å². The lowest BCUT2D eigenvalue weighted by molar-refractivity contribution is -0.114. The van der Waals surface area contributed by atoms with E-state index >= 15 is 0 Å². The Balaban J connectivity index is 1.68. The molecule has 32 heavy (non-hydrogen) atoms. The number of nitrogens with one attached hydrogen (secondary N) is 1. The van der Waals surface area contributed by atoms with E-state index in [-0.39, 0.29) is 17.3 Å². The predicted octanol–water partition coefficient (Wildman–Crippen LogP) is 5.75. The van der Waals surface area contributed by atoms with E-state index in [9.17, 15) is 13.2 Å². The standard InChI is InChI=1S/C26H28N2O3S/c1-17(2)19-9-12-21(13-10-19)27-26(29)16-28-24-14-11-20(18(3)4)15-23(24)22-7-5-6-8-25(22)32(28,30)31/h5-15,17-18H,16H2,1-4H3,(H,27,29). The lowest BCUT2D eigenvalue weighted by Crippen LogP contribution is -2.40. The molecule has 0 aromatic heterocycles. The van der Waals surface area contributed by atoms with Crippen molar-refractivity contribution < 1.29 is 13.2 Å². The fourth-order valence-electron chi connectivity index (χ4n) is 3.96. The Bertz CT molecular complexity index is 1260. The summed E-state index contributed by atoms with van der Waals surface area (Å²) in [5, 5.41) is 2.83. The summed E-state index contributed by atoms with van der Waals surface area (Å²) in [6.07, 6.45) is 0. The Morgan fingerprint density at radius 3 is 2.12 bits per heavy atom. The van der Waals surface area contributed by atoms with Crippen molar-refractivity contribution in [3.63, 3.8) is 0 Å². The summed E-state index contributed by atoms with van der Waals surface area (Å²) in [5.74, 6) is 0.311. The molecule has 0 unspecified atom stereocenters. The Morgan fingerprint density at radius 1 is 0.844 bits per heavy atom. The van der Waals surface area contributed by atoms with Gasteiger partial charge in [0, 0.05) is 16.8 Å². The number of hydrogen-bond donors (Lipinski definition) is 1. The molecular weight excluding hydrogens is 420 g/mol. The minimum atomic E-state index is -3.86. The highest BCUT2D eigenvalue weighted by molar-refractivity contribution is 7.93. The van der Waals surface area contributed by atoms with E-state index in [2.05, 4.69) is 33.0 Å². The van der Waals surface area contributed by atoms with Crippen LogP contribution in [0.1, 0.15) is 50.7 Å². The Kier molecular flexibility index (Phi) is 5.82. The highest BCUT2D eigenvalue weighted by Gasteiger charge is 2.36. The van der Waals surface area contributed by atoms with E-state index in [1.165, 1.54) is 9.87 Å². The molecule has 0 radical (unpaired) electrons. The third-order valence-corrected chi connectivity index (χ3v) is 7.67. The fourth-order valence-corrected chi connectivity index (χ4v) is 5.61. The summed E-state index contributed by atoms with van der Waals surface area (Å²) in [6, 6.07) is 20.4. The molecule has 1 amide bonds. The number of carbonyl (C=O) groups is 1. The molecule has 0 saturated carbocycles. The highest BCUT2D eigenvalue weighted by atomic mass is 32.2. The first-order valence-electron chi connectivity index (χ1n) is 10.8. The quantitative estimate of drug-likeness (QED) is 0.541. The third-order valence-electron chi connectivity index (χ3n) is 5.85. The van der Waals surface area contributed by atoms with Gasteiger partial charge in [0.05, 0.1) is 10.6 Å². The molecule has 0 saturated heterocycles. The SMILES string of the molecule is CC(C)c1ccc(NC(=O)CN2c3ccc(C(C)C)cc3-c3ccccc3S2(=O)=O)cc1. The van der Waals surface area contributed by atoms with Gasteiger partial charge in [0.2, 0.25) is 5.91 Å². The van der Waals surface area contributed by atoms with E-state index in [0.29, 0.717) is 28.8 Å². The van der Waals surface area contributed by atoms with Gasteiger partial charge in [-0.3, -0.25) is 9.10 Å². The Morgan fingerprint density at radius 2 is 1.47 bits per heavy atom. The summed E-state index contributed by atoms with van der Waals surface area (Å²) in [4.78, 5) is 13.1. The van der Waals surface area contributed by atoms with Crippen molar-refractivity contribution in [1.29, 1.82) is 0 Å². The molecule has 0 aliphatic carbocycles. The van der Waals surface area contributed by atoms with Crippen LogP contribution in [0.15, 0.2) is 71.6 Å². The van der Waals surface area contributed by atoms with E-state index < -0.39 is 10.0 Å². The molecule has 0 fully saturated rings. The molecule has 1 aliphatic heterocycles. The van der Waals surface area contributed by atoms with Crippen molar-refractivity contribution in [3.05, 3.63) is 77.9 Å². The van der Waals surface area contributed by atoms with Crippen LogP contribution in [-0.4, -0.2) is 20.9 Å². The van der Waals surface area contributed by atoms with Crippen molar-refractivity contribution in [2.75, 3.05) is 16.2 Å². The van der Waals surface area contributed by atoms with Gasteiger partial charge in [-0.15, -0.1) is 0 Å². The minimum Gasteiger partial charge on any atom is -0.325 e. The molecule has 166 valence electrons. The number of benzene rings is 3. The van der Waals surface area contributed by atoms with Crippen LogP contribution in [0.3, 0.4) is 0 Å². The van der Waals surface area contributed by atoms with Crippen LogP contribution in [0.4, 0.5) is 11.4 Å². The molecule has 1 N–H and O–H groups in total. The maximum atomic E-state index is 13.4. The molecule has 6 heteroatoms. The normalized spacial score (nSPS) is 14.2. The second-order valence-corrected chi connectivity index (χ2v) is 10.6. The highest BCUT2D eigenvalue weighted by Crippen LogP contribution is 2.43. The lowest BCUT2D eigenvalue weighted by Gasteiger charge is -2.32. The second kappa shape index (κ2) is 8.43. The Labute approximate surface area is 190 Å². The second-order valence-electron chi connectivity index (χ2n) is 8.76. The van der Waals surface area contributed by atoms with Crippen molar-refractivity contribution in [2.24, 2.45) is 0 Å². The van der Waals surface area contributed by atoms with Gasteiger partial charge in [-0.25, -0.2) is 8.42 Å². The number of sulfonamides is 1. The minimum absolute atomic E-state index is 0.225. The summed E-state index contributed by atoms with van der Waals surface area (Å²) in [6.45, 7) is 8.12. The summed E-state index contributed by atoms with van der Waals surface area (Å²) in [7, 11) is -3.86. The van der Waals surface area contributed by atoms with E-state index in [1.54, 1.807) is 12.1 Å². The van der Waals surface area contributed by atoms with Crippen LogP contribution in [0.2, 0.25) is 0 Å². The van der Waals surface area contributed by atoms with Crippen molar-refractivity contribution >= 4 is 27.3 Å². The largest absolute Gasteiger partial charge is 0.325 e. The molecule has 1 heterocycles. The molecule has 1 aliphatic rings. The lowest BCUT2D eigenvalue weighted by atomic mass is 9.95. The van der Waals surface area contributed by atoms with Gasteiger partial charge in [0.15, 0.2) is 0 Å². The number of fused-ring (bicyclic) bond motifs is 3. The van der Waals surface area contributed by atoms with Crippen LogP contribution in [0.25, 0.3) is 11.1 Å².